The van der Waals surface area contributed by atoms with Crippen LogP contribution in [0.1, 0.15) is 17.5 Å². The van der Waals surface area contributed by atoms with Gasteiger partial charge in [-0.3, -0.25) is 4.90 Å². The number of halogens is 2. The molecule has 108 valence electrons. The van der Waals surface area contributed by atoms with Crippen LogP contribution in [0.5, 0.6) is 0 Å². The van der Waals surface area contributed by atoms with E-state index in [-0.39, 0.29) is 0 Å². The normalized spacial score (nSPS) is 11.1. The molecule has 2 aromatic rings. The summed E-state index contributed by atoms with van der Waals surface area (Å²) in [6.45, 7) is 4.43. The summed E-state index contributed by atoms with van der Waals surface area (Å²) >= 11 is 13.8. The Bertz CT molecular complexity index is 571. The summed E-state index contributed by atoms with van der Waals surface area (Å²) < 4.78 is 0.818. The van der Waals surface area contributed by atoms with E-state index >= 15 is 0 Å². The van der Waals surface area contributed by atoms with Gasteiger partial charge in [0, 0.05) is 24.5 Å². The molecular weight excluding hydrogens is 313 g/mol. The van der Waals surface area contributed by atoms with Crippen LogP contribution in [0, 0.1) is 0 Å². The van der Waals surface area contributed by atoms with Crippen molar-refractivity contribution in [2.75, 3.05) is 18.9 Å². The highest BCUT2D eigenvalue weighted by Gasteiger charge is 2.09. The predicted octanol–water partition coefficient (Wildman–Crippen LogP) is 4.51. The van der Waals surface area contributed by atoms with Gasteiger partial charge in [0.05, 0.1) is 15.1 Å². The second-order valence-electron chi connectivity index (χ2n) is 4.53. The fraction of sp³-hybridized carbons (Fsp3) is 0.357. The number of nitrogens with one attached hydrogen (secondary N) is 1. The topological polar surface area (TPSA) is 28.2 Å². The predicted molar refractivity (Wildman–Crippen MR) is 87.9 cm³/mol. The van der Waals surface area contributed by atoms with Crippen molar-refractivity contribution in [2.45, 2.75) is 20.0 Å². The monoisotopic (exact) mass is 329 g/mol. The lowest BCUT2D eigenvalue weighted by Gasteiger charge is -2.16. The van der Waals surface area contributed by atoms with Crippen molar-refractivity contribution >= 4 is 40.4 Å². The van der Waals surface area contributed by atoms with Gasteiger partial charge in [0.25, 0.3) is 0 Å². The van der Waals surface area contributed by atoms with Crippen molar-refractivity contribution in [2.24, 2.45) is 0 Å². The molecule has 0 saturated carbocycles. The van der Waals surface area contributed by atoms with E-state index in [4.69, 9.17) is 23.2 Å². The number of hydrogen-bond donors (Lipinski definition) is 1. The minimum absolute atomic E-state index is 0.697. The van der Waals surface area contributed by atoms with Crippen LogP contribution in [0.3, 0.4) is 0 Å². The molecule has 0 bridgehead atoms. The summed E-state index contributed by atoms with van der Waals surface area (Å²) in [4.78, 5) is 7.95. The number of nitrogens with zero attached hydrogens (tertiary/aromatic N) is 2. The Morgan fingerprint density at radius 3 is 2.65 bits per heavy atom. The average Bonchev–Trinajstić information content (AvgIpc) is 2.79. The Kier molecular flexibility index (Phi) is 5.66. The Labute approximate surface area is 133 Å². The van der Waals surface area contributed by atoms with Crippen molar-refractivity contribution in [3.05, 3.63) is 44.2 Å². The molecule has 0 amide bonds. The molecule has 0 unspecified atom stereocenters. The molecular formula is C14H17Cl2N3S. The Morgan fingerprint density at radius 2 is 2.00 bits per heavy atom. The van der Waals surface area contributed by atoms with Gasteiger partial charge in [-0.25, -0.2) is 4.98 Å². The van der Waals surface area contributed by atoms with Crippen LogP contribution in [-0.4, -0.2) is 23.5 Å². The van der Waals surface area contributed by atoms with E-state index in [0.717, 1.165) is 28.9 Å². The summed E-state index contributed by atoms with van der Waals surface area (Å²) in [6.07, 6.45) is 0. The van der Waals surface area contributed by atoms with E-state index in [1.165, 1.54) is 4.88 Å². The van der Waals surface area contributed by atoms with Crippen molar-refractivity contribution in [3.63, 3.8) is 0 Å². The fourth-order valence-electron chi connectivity index (χ4n) is 1.89. The van der Waals surface area contributed by atoms with Gasteiger partial charge in [-0.15, -0.1) is 11.3 Å². The average molecular weight is 330 g/mol. The number of rotatable bonds is 6. The Hall–Kier alpha value is -0.810. The van der Waals surface area contributed by atoms with Gasteiger partial charge in [-0.05, 0) is 38.2 Å². The molecule has 0 aliphatic heterocycles. The molecule has 6 heteroatoms. The second-order valence-corrected chi connectivity index (χ2v) is 6.74. The van der Waals surface area contributed by atoms with Crippen LogP contribution in [-0.2, 0) is 13.1 Å². The summed E-state index contributed by atoms with van der Waals surface area (Å²) in [5.74, 6) is 0.861. The van der Waals surface area contributed by atoms with E-state index < -0.39 is 0 Å². The molecule has 2 heterocycles. The van der Waals surface area contributed by atoms with Gasteiger partial charge in [0.1, 0.15) is 5.82 Å². The maximum Gasteiger partial charge on any atom is 0.126 e. The third-order valence-corrected chi connectivity index (χ3v) is 4.31. The summed E-state index contributed by atoms with van der Waals surface area (Å²) in [5.41, 5.74) is 0.885. The molecule has 2 rings (SSSR count). The van der Waals surface area contributed by atoms with Crippen LogP contribution in [0.2, 0.25) is 9.36 Å². The van der Waals surface area contributed by atoms with E-state index in [2.05, 4.69) is 15.2 Å². The van der Waals surface area contributed by atoms with Crippen LogP contribution < -0.4 is 5.32 Å². The third-order valence-electron chi connectivity index (χ3n) is 2.75. The number of aromatic nitrogens is 1. The van der Waals surface area contributed by atoms with Crippen LogP contribution in [0.15, 0.2) is 24.3 Å². The quantitative estimate of drug-likeness (QED) is 0.844. The molecule has 0 saturated heterocycles. The van der Waals surface area contributed by atoms with E-state index in [9.17, 15) is 0 Å². The molecule has 0 spiro atoms. The number of hydrogen-bond acceptors (Lipinski definition) is 4. The van der Waals surface area contributed by atoms with Crippen molar-refractivity contribution in [3.8, 4) is 0 Å². The SMILES string of the molecule is CCNc1ccc(Cl)c(CN(C)Cc2ccc(Cl)s2)n1. The van der Waals surface area contributed by atoms with Crippen LogP contribution in [0.25, 0.3) is 0 Å². The first-order valence-corrected chi connectivity index (χ1v) is 7.97. The molecule has 20 heavy (non-hydrogen) atoms. The third kappa shape index (κ3) is 4.35. The first-order chi connectivity index (χ1) is 9.58. The molecule has 0 atom stereocenters. The molecule has 1 N–H and O–H groups in total. The van der Waals surface area contributed by atoms with Crippen molar-refractivity contribution < 1.29 is 0 Å². The van der Waals surface area contributed by atoms with Gasteiger partial charge >= 0.3 is 0 Å². The number of thiophene rings is 1. The lowest BCUT2D eigenvalue weighted by Crippen LogP contribution is -2.18. The zero-order valence-corrected chi connectivity index (χ0v) is 13.8. The number of anilines is 1. The van der Waals surface area contributed by atoms with Gasteiger partial charge in [-0.1, -0.05) is 23.2 Å². The smallest absolute Gasteiger partial charge is 0.126 e. The largest absolute Gasteiger partial charge is 0.370 e. The second kappa shape index (κ2) is 7.27. The summed E-state index contributed by atoms with van der Waals surface area (Å²) in [6, 6.07) is 7.76. The Balaban J connectivity index is 2.02. The van der Waals surface area contributed by atoms with Gasteiger partial charge in [0.2, 0.25) is 0 Å². The zero-order valence-electron chi connectivity index (χ0n) is 11.5. The maximum absolute atomic E-state index is 6.21. The molecule has 0 radical (unpaired) electrons. The zero-order chi connectivity index (χ0) is 14.5. The summed E-state index contributed by atoms with van der Waals surface area (Å²) in [5, 5.41) is 3.89. The van der Waals surface area contributed by atoms with E-state index in [1.54, 1.807) is 11.3 Å². The van der Waals surface area contributed by atoms with Crippen LogP contribution >= 0.6 is 34.5 Å². The Morgan fingerprint density at radius 1 is 1.20 bits per heavy atom. The first kappa shape index (κ1) is 15.6. The van der Waals surface area contributed by atoms with Gasteiger partial charge in [-0.2, -0.15) is 0 Å². The van der Waals surface area contributed by atoms with E-state index in [0.29, 0.717) is 11.6 Å². The minimum Gasteiger partial charge on any atom is -0.370 e. The fourth-order valence-corrected chi connectivity index (χ4v) is 3.22. The molecule has 0 aliphatic rings. The highest BCUT2D eigenvalue weighted by Crippen LogP contribution is 2.24. The maximum atomic E-state index is 6.21. The van der Waals surface area contributed by atoms with Gasteiger partial charge < -0.3 is 5.32 Å². The molecule has 0 aromatic carbocycles. The van der Waals surface area contributed by atoms with E-state index in [1.807, 2.05) is 38.2 Å². The summed E-state index contributed by atoms with van der Waals surface area (Å²) in [7, 11) is 2.05. The molecule has 2 aromatic heterocycles. The number of pyridine rings is 1. The first-order valence-electron chi connectivity index (χ1n) is 6.40. The highest BCUT2D eigenvalue weighted by molar-refractivity contribution is 7.16. The lowest BCUT2D eigenvalue weighted by molar-refractivity contribution is 0.318. The molecule has 3 nitrogen and oxygen atoms in total. The van der Waals surface area contributed by atoms with Crippen LogP contribution in [0.4, 0.5) is 5.82 Å². The molecule has 0 aliphatic carbocycles. The minimum atomic E-state index is 0.697. The lowest BCUT2D eigenvalue weighted by atomic mass is 10.3. The highest BCUT2D eigenvalue weighted by atomic mass is 35.5. The standard InChI is InChI=1S/C14H17Cl2N3S/c1-3-17-14-7-5-11(15)12(18-14)9-19(2)8-10-4-6-13(16)20-10/h4-7H,3,8-9H2,1-2H3,(H,17,18). The van der Waals surface area contributed by atoms with Crippen molar-refractivity contribution in [1.82, 2.24) is 9.88 Å². The van der Waals surface area contributed by atoms with Gasteiger partial charge in [0.15, 0.2) is 0 Å². The molecule has 0 fully saturated rings. The van der Waals surface area contributed by atoms with Crippen molar-refractivity contribution in [1.29, 1.82) is 0 Å².